The summed E-state index contributed by atoms with van der Waals surface area (Å²) in [6, 6.07) is 1.80. The van der Waals surface area contributed by atoms with Gasteiger partial charge >= 0.3 is 5.97 Å². The summed E-state index contributed by atoms with van der Waals surface area (Å²) in [5.74, 6) is -0.0660. The van der Waals surface area contributed by atoms with E-state index in [-0.39, 0.29) is 0 Å². The number of carbonyl (C=O) groups is 1. The zero-order chi connectivity index (χ0) is 13.8. The van der Waals surface area contributed by atoms with E-state index in [0.29, 0.717) is 4.88 Å². The minimum atomic E-state index is -0.824. The van der Waals surface area contributed by atoms with Crippen LogP contribution >= 0.6 is 11.3 Å². The molecule has 106 valence electrons. The van der Waals surface area contributed by atoms with Crippen molar-refractivity contribution >= 4 is 17.3 Å². The second-order valence-electron chi connectivity index (χ2n) is 5.37. The molecule has 4 nitrogen and oxygen atoms in total. The van der Waals surface area contributed by atoms with E-state index in [1.165, 1.54) is 37.3 Å². The topological polar surface area (TPSA) is 52.6 Å². The van der Waals surface area contributed by atoms with E-state index in [9.17, 15) is 4.79 Å². The Morgan fingerprint density at radius 2 is 2.21 bits per heavy atom. The Balaban J connectivity index is 1.78. The van der Waals surface area contributed by atoms with Crippen LogP contribution in [0.25, 0.3) is 0 Å². The number of hydrogen-bond acceptors (Lipinski definition) is 4. The average Bonchev–Trinajstić information content (AvgIpc) is 2.74. The van der Waals surface area contributed by atoms with Gasteiger partial charge in [0.2, 0.25) is 0 Å². The maximum atomic E-state index is 10.9. The molecule has 1 aromatic heterocycles. The molecule has 2 N–H and O–H groups in total. The molecule has 19 heavy (non-hydrogen) atoms. The number of carboxylic acids is 1. The third-order valence-electron chi connectivity index (χ3n) is 3.82. The molecule has 0 spiro atoms. The first-order chi connectivity index (χ1) is 9.06. The summed E-state index contributed by atoms with van der Waals surface area (Å²) in [6.07, 6.45) is 2.51. The molecule has 0 bridgehead atoms. The number of aryl methyl sites for hydroxylation is 1. The molecule has 5 heteroatoms. The van der Waals surface area contributed by atoms with Crippen LogP contribution in [0.15, 0.2) is 6.07 Å². The maximum Gasteiger partial charge on any atom is 0.345 e. The van der Waals surface area contributed by atoms with Crippen LogP contribution in [0, 0.1) is 12.8 Å². The fourth-order valence-corrected chi connectivity index (χ4v) is 3.36. The molecule has 2 heterocycles. The Hall–Kier alpha value is -0.910. The average molecular weight is 282 g/mol. The van der Waals surface area contributed by atoms with Gasteiger partial charge in [0.1, 0.15) is 4.88 Å². The molecule has 0 aromatic carbocycles. The normalized spacial score (nSPS) is 17.8. The minimum Gasteiger partial charge on any atom is -0.477 e. The third kappa shape index (κ3) is 4.03. The molecule has 0 saturated carbocycles. The lowest BCUT2D eigenvalue weighted by atomic mass is 9.97. The van der Waals surface area contributed by atoms with Crippen LogP contribution in [-0.2, 0) is 6.54 Å². The van der Waals surface area contributed by atoms with Gasteiger partial charge in [0.15, 0.2) is 0 Å². The van der Waals surface area contributed by atoms with Crippen LogP contribution in [-0.4, -0.2) is 42.7 Å². The highest BCUT2D eigenvalue weighted by atomic mass is 32.1. The molecule has 1 fully saturated rings. The molecule has 2 rings (SSSR count). The van der Waals surface area contributed by atoms with Crippen LogP contribution in [0.1, 0.15) is 33.0 Å². The van der Waals surface area contributed by atoms with Crippen molar-refractivity contribution in [1.29, 1.82) is 0 Å². The highest BCUT2D eigenvalue weighted by molar-refractivity contribution is 7.14. The van der Waals surface area contributed by atoms with Gasteiger partial charge in [-0.3, -0.25) is 0 Å². The summed E-state index contributed by atoms with van der Waals surface area (Å²) in [6.45, 7) is 6.18. The Bertz CT molecular complexity index is 437. The lowest BCUT2D eigenvalue weighted by Gasteiger charge is -2.29. The number of aromatic carboxylic acids is 1. The predicted octanol–water partition coefficient (Wildman–Crippen LogP) is 2.19. The number of carboxylic acid groups (broad SMARTS) is 1. The Labute approximate surface area is 118 Å². The third-order valence-corrected chi connectivity index (χ3v) is 4.90. The summed E-state index contributed by atoms with van der Waals surface area (Å²) in [7, 11) is 2.17. The van der Waals surface area contributed by atoms with Gasteiger partial charge in [-0.05, 0) is 64.0 Å². The van der Waals surface area contributed by atoms with E-state index in [1.54, 1.807) is 6.07 Å². The van der Waals surface area contributed by atoms with Gasteiger partial charge in [0.25, 0.3) is 0 Å². The van der Waals surface area contributed by atoms with E-state index in [0.717, 1.165) is 29.4 Å². The van der Waals surface area contributed by atoms with Crippen molar-refractivity contribution in [2.45, 2.75) is 26.3 Å². The summed E-state index contributed by atoms with van der Waals surface area (Å²) in [5.41, 5.74) is 1.12. The SMILES string of the molecule is Cc1sc(C(=O)O)cc1CNCC1CCN(C)CC1. The standard InChI is InChI=1S/C14H22N2O2S/c1-10-12(7-13(19-10)14(17)18)9-15-8-11-3-5-16(2)6-4-11/h7,11,15H,3-6,8-9H2,1-2H3,(H,17,18). The van der Waals surface area contributed by atoms with Crippen molar-refractivity contribution in [3.63, 3.8) is 0 Å². The Morgan fingerprint density at radius 1 is 1.53 bits per heavy atom. The lowest BCUT2D eigenvalue weighted by molar-refractivity contribution is 0.0702. The van der Waals surface area contributed by atoms with Crippen molar-refractivity contribution in [2.24, 2.45) is 5.92 Å². The Kier molecular flexibility index (Phi) is 4.96. The van der Waals surface area contributed by atoms with Gasteiger partial charge in [-0.2, -0.15) is 0 Å². The van der Waals surface area contributed by atoms with Gasteiger partial charge in [0.05, 0.1) is 0 Å². The first-order valence-corrected chi connectivity index (χ1v) is 7.59. The van der Waals surface area contributed by atoms with E-state index >= 15 is 0 Å². The fourth-order valence-electron chi connectivity index (χ4n) is 2.48. The number of nitrogens with one attached hydrogen (secondary N) is 1. The van der Waals surface area contributed by atoms with Crippen molar-refractivity contribution in [2.75, 3.05) is 26.7 Å². The largest absolute Gasteiger partial charge is 0.477 e. The van der Waals surface area contributed by atoms with Gasteiger partial charge in [-0.1, -0.05) is 0 Å². The second-order valence-corrected chi connectivity index (χ2v) is 6.63. The first-order valence-electron chi connectivity index (χ1n) is 6.78. The summed E-state index contributed by atoms with van der Waals surface area (Å²) < 4.78 is 0. The molecular weight excluding hydrogens is 260 g/mol. The van der Waals surface area contributed by atoms with Crippen molar-refractivity contribution in [3.8, 4) is 0 Å². The van der Waals surface area contributed by atoms with Crippen LogP contribution in [0.3, 0.4) is 0 Å². The summed E-state index contributed by atoms with van der Waals surface area (Å²) in [4.78, 5) is 14.8. The van der Waals surface area contributed by atoms with Gasteiger partial charge in [-0.25, -0.2) is 4.79 Å². The molecule has 1 aromatic rings. The van der Waals surface area contributed by atoms with Gasteiger partial charge in [0, 0.05) is 11.4 Å². The molecule has 1 aliphatic rings. The molecule has 1 aliphatic heterocycles. The van der Waals surface area contributed by atoms with Crippen LogP contribution < -0.4 is 5.32 Å². The smallest absolute Gasteiger partial charge is 0.345 e. The second kappa shape index (κ2) is 6.50. The predicted molar refractivity (Wildman–Crippen MR) is 77.9 cm³/mol. The number of likely N-dealkylation sites (tertiary alicyclic amines) is 1. The van der Waals surface area contributed by atoms with E-state index < -0.39 is 5.97 Å². The van der Waals surface area contributed by atoms with Crippen molar-refractivity contribution in [3.05, 3.63) is 21.4 Å². The lowest BCUT2D eigenvalue weighted by Crippen LogP contribution is -2.34. The van der Waals surface area contributed by atoms with Gasteiger partial charge < -0.3 is 15.3 Å². The van der Waals surface area contributed by atoms with Crippen LogP contribution in [0.2, 0.25) is 0 Å². The van der Waals surface area contributed by atoms with Crippen LogP contribution in [0.4, 0.5) is 0 Å². The molecule has 0 atom stereocenters. The highest BCUT2D eigenvalue weighted by Crippen LogP contribution is 2.22. The minimum absolute atomic E-state index is 0.439. The van der Waals surface area contributed by atoms with Crippen molar-refractivity contribution in [1.82, 2.24) is 10.2 Å². The number of hydrogen-bond donors (Lipinski definition) is 2. The zero-order valence-electron chi connectivity index (χ0n) is 11.6. The summed E-state index contributed by atoms with van der Waals surface area (Å²) in [5, 5.41) is 12.4. The number of piperidine rings is 1. The number of thiophene rings is 1. The Morgan fingerprint density at radius 3 is 2.79 bits per heavy atom. The highest BCUT2D eigenvalue weighted by Gasteiger charge is 2.16. The molecule has 1 saturated heterocycles. The van der Waals surface area contributed by atoms with Crippen LogP contribution in [0.5, 0.6) is 0 Å². The number of nitrogens with zero attached hydrogens (tertiary/aromatic N) is 1. The first kappa shape index (κ1) is 14.5. The monoisotopic (exact) mass is 282 g/mol. The molecular formula is C14H22N2O2S. The molecule has 0 unspecified atom stereocenters. The fraction of sp³-hybridized carbons (Fsp3) is 0.643. The summed E-state index contributed by atoms with van der Waals surface area (Å²) >= 11 is 1.36. The maximum absolute atomic E-state index is 10.9. The van der Waals surface area contributed by atoms with Crippen molar-refractivity contribution < 1.29 is 9.90 Å². The zero-order valence-corrected chi connectivity index (χ0v) is 12.4. The van der Waals surface area contributed by atoms with E-state index in [1.807, 2.05) is 6.92 Å². The quantitative estimate of drug-likeness (QED) is 0.869. The molecule has 0 amide bonds. The van der Waals surface area contributed by atoms with Gasteiger partial charge in [-0.15, -0.1) is 11.3 Å². The molecule has 0 radical (unpaired) electrons. The molecule has 0 aliphatic carbocycles. The van der Waals surface area contributed by atoms with E-state index in [4.69, 9.17) is 5.11 Å². The number of rotatable bonds is 5. The van der Waals surface area contributed by atoms with E-state index in [2.05, 4.69) is 17.3 Å².